The molecule has 0 aliphatic heterocycles. The molecule has 20 heavy (non-hydrogen) atoms. The van der Waals surface area contributed by atoms with Crippen LogP contribution in [0, 0.1) is 0 Å². The molecule has 0 saturated heterocycles. The Hall–Kier alpha value is -0.810. The van der Waals surface area contributed by atoms with Crippen molar-refractivity contribution >= 4 is 27.7 Å². The number of halogens is 1. The largest absolute Gasteiger partial charge is 0.390 e. The van der Waals surface area contributed by atoms with Gasteiger partial charge in [-0.25, -0.2) is 0 Å². The average molecular weight is 353 g/mol. The van der Waals surface area contributed by atoms with Crippen molar-refractivity contribution < 1.29 is 9.84 Å². The number of thioether (sulfide) groups is 1. The summed E-state index contributed by atoms with van der Waals surface area (Å²) in [5.74, 6) is 0.622. The molecule has 0 aliphatic rings. The highest BCUT2D eigenvalue weighted by atomic mass is 79.9. The summed E-state index contributed by atoms with van der Waals surface area (Å²) in [6, 6.07) is 18.0. The second kappa shape index (κ2) is 8.47. The van der Waals surface area contributed by atoms with Crippen LogP contribution in [0.5, 0.6) is 0 Å². The Bertz CT molecular complexity index is 519. The number of hydrogen-bond donors (Lipinski definition) is 1. The average Bonchev–Trinajstić information content (AvgIpc) is 2.47. The highest BCUT2D eigenvalue weighted by molar-refractivity contribution is 9.10. The fraction of sp³-hybridized carbons (Fsp3) is 0.250. The lowest BCUT2D eigenvalue weighted by Gasteiger charge is -2.11. The number of hydrogen-bond acceptors (Lipinski definition) is 3. The maximum atomic E-state index is 9.92. The van der Waals surface area contributed by atoms with Gasteiger partial charge in [0.1, 0.15) is 0 Å². The first-order valence-corrected chi connectivity index (χ1v) is 8.20. The third-order valence-electron chi connectivity index (χ3n) is 2.69. The van der Waals surface area contributed by atoms with Crippen molar-refractivity contribution in [3.63, 3.8) is 0 Å². The van der Waals surface area contributed by atoms with Crippen molar-refractivity contribution in [2.75, 3.05) is 12.4 Å². The standard InChI is InChI=1S/C16H17BrO2S/c17-15-8-4-5-9-16(15)20-12-14(18)11-19-10-13-6-2-1-3-7-13/h1-9,14,18H,10-12H2. The molecule has 2 rings (SSSR count). The molecule has 106 valence electrons. The van der Waals surface area contributed by atoms with E-state index in [-0.39, 0.29) is 0 Å². The van der Waals surface area contributed by atoms with Gasteiger partial charge in [-0.05, 0) is 33.6 Å². The van der Waals surface area contributed by atoms with Gasteiger partial charge in [-0.1, -0.05) is 42.5 Å². The van der Waals surface area contributed by atoms with Crippen molar-refractivity contribution in [3.8, 4) is 0 Å². The Labute approximate surface area is 132 Å². The second-order valence-electron chi connectivity index (χ2n) is 4.40. The SMILES string of the molecule is OC(COCc1ccccc1)CSc1ccccc1Br. The van der Waals surface area contributed by atoms with Gasteiger partial charge < -0.3 is 9.84 Å². The van der Waals surface area contributed by atoms with Gasteiger partial charge in [0, 0.05) is 15.1 Å². The van der Waals surface area contributed by atoms with Crippen LogP contribution in [0.4, 0.5) is 0 Å². The fourth-order valence-electron chi connectivity index (χ4n) is 1.68. The summed E-state index contributed by atoms with van der Waals surface area (Å²) in [6.07, 6.45) is -0.462. The molecule has 2 aromatic carbocycles. The van der Waals surface area contributed by atoms with Gasteiger partial charge >= 0.3 is 0 Å². The van der Waals surface area contributed by atoms with Crippen LogP contribution >= 0.6 is 27.7 Å². The van der Waals surface area contributed by atoms with Crippen LogP contribution in [0.25, 0.3) is 0 Å². The molecule has 0 saturated carbocycles. The van der Waals surface area contributed by atoms with E-state index in [2.05, 4.69) is 15.9 Å². The molecule has 2 aromatic rings. The number of benzene rings is 2. The second-order valence-corrected chi connectivity index (χ2v) is 6.31. The molecule has 1 unspecified atom stereocenters. The zero-order valence-corrected chi connectivity index (χ0v) is 13.4. The lowest BCUT2D eigenvalue weighted by atomic mass is 10.2. The van der Waals surface area contributed by atoms with Gasteiger partial charge in [-0.2, -0.15) is 0 Å². The van der Waals surface area contributed by atoms with Crippen LogP contribution < -0.4 is 0 Å². The van der Waals surface area contributed by atoms with E-state index >= 15 is 0 Å². The normalized spacial score (nSPS) is 12.3. The maximum Gasteiger partial charge on any atom is 0.0867 e. The van der Waals surface area contributed by atoms with E-state index in [0.717, 1.165) is 14.9 Å². The van der Waals surface area contributed by atoms with Crippen LogP contribution in [0.15, 0.2) is 64.0 Å². The minimum Gasteiger partial charge on any atom is -0.390 e. The number of ether oxygens (including phenoxy) is 1. The van der Waals surface area contributed by atoms with Gasteiger partial charge in [0.05, 0.1) is 19.3 Å². The quantitative estimate of drug-likeness (QED) is 0.760. The number of rotatable bonds is 7. The smallest absolute Gasteiger partial charge is 0.0867 e. The summed E-state index contributed by atoms with van der Waals surface area (Å²) in [4.78, 5) is 1.13. The molecular weight excluding hydrogens is 336 g/mol. The van der Waals surface area contributed by atoms with Gasteiger partial charge in [-0.3, -0.25) is 0 Å². The first kappa shape index (κ1) is 15.6. The van der Waals surface area contributed by atoms with Gasteiger partial charge in [0.15, 0.2) is 0 Å². The molecule has 0 aromatic heterocycles. The Morgan fingerprint density at radius 2 is 1.75 bits per heavy atom. The lowest BCUT2D eigenvalue weighted by Crippen LogP contribution is -2.17. The minimum absolute atomic E-state index is 0.354. The molecule has 0 amide bonds. The van der Waals surface area contributed by atoms with E-state index < -0.39 is 6.10 Å². The minimum atomic E-state index is -0.462. The zero-order valence-electron chi connectivity index (χ0n) is 11.0. The maximum absolute atomic E-state index is 9.92. The Morgan fingerprint density at radius 3 is 2.50 bits per heavy atom. The first-order valence-electron chi connectivity index (χ1n) is 6.43. The zero-order chi connectivity index (χ0) is 14.2. The predicted octanol–water partition coefficient (Wildman–Crippen LogP) is 4.12. The van der Waals surface area contributed by atoms with Crippen molar-refractivity contribution in [3.05, 3.63) is 64.6 Å². The van der Waals surface area contributed by atoms with Gasteiger partial charge in [0.25, 0.3) is 0 Å². The summed E-state index contributed by atoms with van der Waals surface area (Å²) >= 11 is 5.12. The fourth-order valence-corrected chi connectivity index (χ4v) is 3.16. The summed E-state index contributed by atoms with van der Waals surface area (Å²) in [6.45, 7) is 0.893. The third-order valence-corrected chi connectivity index (χ3v) is 4.86. The number of aliphatic hydroxyl groups is 1. The van der Waals surface area contributed by atoms with Crippen molar-refractivity contribution in [2.45, 2.75) is 17.6 Å². The van der Waals surface area contributed by atoms with E-state index in [1.807, 2.05) is 54.6 Å². The molecule has 0 fully saturated rings. The predicted molar refractivity (Wildman–Crippen MR) is 87.0 cm³/mol. The van der Waals surface area contributed by atoms with Crippen LogP contribution in [0.2, 0.25) is 0 Å². The molecule has 4 heteroatoms. The molecular formula is C16H17BrO2S. The Morgan fingerprint density at radius 1 is 1.05 bits per heavy atom. The van der Waals surface area contributed by atoms with E-state index in [9.17, 15) is 5.11 Å². The van der Waals surface area contributed by atoms with Gasteiger partial charge in [-0.15, -0.1) is 11.8 Å². The summed E-state index contributed by atoms with van der Waals surface area (Å²) in [7, 11) is 0. The van der Waals surface area contributed by atoms with E-state index in [1.165, 1.54) is 0 Å². The molecule has 0 radical (unpaired) electrons. The van der Waals surface area contributed by atoms with Crippen LogP contribution in [0.3, 0.4) is 0 Å². The topological polar surface area (TPSA) is 29.5 Å². The summed E-state index contributed by atoms with van der Waals surface area (Å²) < 4.78 is 6.58. The molecule has 2 nitrogen and oxygen atoms in total. The Kier molecular flexibility index (Phi) is 6.60. The molecule has 1 atom stereocenters. The molecule has 1 N–H and O–H groups in total. The molecule has 0 spiro atoms. The molecule has 0 aliphatic carbocycles. The monoisotopic (exact) mass is 352 g/mol. The highest BCUT2D eigenvalue weighted by Gasteiger charge is 2.07. The van der Waals surface area contributed by atoms with Crippen LogP contribution in [0.1, 0.15) is 5.56 Å². The van der Waals surface area contributed by atoms with Crippen molar-refractivity contribution in [1.82, 2.24) is 0 Å². The van der Waals surface area contributed by atoms with Crippen LogP contribution in [-0.2, 0) is 11.3 Å². The van der Waals surface area contributed by atoms with E-state index in [1.54, 1.807) is 11.8 Å². The Balaban J connectivity index is 1.68. The summed E-state index contributed by atoms with van der Waals surface area (Å²) in [5.41, 5.74) is 1.12. The highest BCUT2D eigenvalue weighted by Crippen LogP contribution is 2.27. The first-order chi connectivity index (χ1) is 9.75. The van der Waals surface area contributed by atoms with E-state index in [4.69, 9.17) is 4.74 Å². The van der Waals surface area contributed by atoms with E-state index in [0.29, 0.717) is 19.0 Å². The number of aliphatic hydroxyl groups excluding tert-OH is 1. The molecule has 0 heterocycles. The van der Waals surface area contributed by atoms with Crippen LogP contribution in [-0.4, -0.2) is 23.6 Å². The van der Waals surface area contributed by atoms with Crippen molar-refractivity contribution in [2.24, 2.45) is 0 Å². The third kappa shape index (κ3) is 5.29. The van der Waals surface area contributed by atoms with Crippen molar-refractivity contribution in [1.29, 1.82) is 0 Å². The van der Waals surface area contributed by atoms with Gasteiger partial charge in [0.2, 0.25) is 0 Å². The molecule has 0 bridgehead atoms. The summed E-state index contributed by atoms with van der Waals surface area (Å²) in [5, 5.41) is 9.92. The lowest BCUT2D eigenvalue weighted by molar-refractivity contribution is 0.0398.